The van der Waals surface area contributed by atoms with Gasteiger partial charge in [0.1, 0.15) is 5.76 Å². The first-order valence-corrected chi connectivity index (χ1v) is 7.30. The fraction of sp³-hybridized carbons (Fsp3) is 0.308. The lowest BCUT2D eigenvalue weighted by molar-refractivity contribution is -0.127. The van der Waals surface area contributed by atoms with E-state index in [1.54, 1.807) is 13.0 Å². The number of hydrogen-bond acceptors (Lipinski definition) is 6. The molecule has 0 fully saturated rings. The highest BCUT2D eigenvalue weighted by atomic mass is 32.1. The smallest absolute Gasteiger partial charge is 0.269 e. The van der Waals surface area contributed by atoms with Gasteiger partial charge < -0.3 is 20.4 Å². The standard InChI is InChI=1S/C13H16N4O3S/c1-3-10(13(18)15-11-6-8(2)19-16-11)20-17-12(14)9-4-5-21-7-9/h4-7,10H,3H2,1-2H3,(H2,14,17)(H,15,16,18). The molecule has 0 spiro atoms. The van der Waals surface area contributed by atoms with E-state index in [0.717, 1.165) is 5.56 Å². The molecule has 1 amide bonds. The van der Waals surface area contributed by atoms with Crippen LogP contribution in [0, 0.1) is 6.92 Å². The van der Waals surface area contributed by atoms with Crippen molar-refractivity contribution in [3.05, 3.63) is 34.2 Å². The number of amides is 1. The van der Waals surface area contributed by atoms with Crippen LogP contribution >= 0.6 is 11.3 Å². The Morgan fingerprint density at radius 1 is 1.67 bits per heavy atom. The maximum absolute atomic E-state index is 12.0. The molecule has 0 saturated carbocycles. The zero-order valence-corrected chi connectivity index (χ0v) is 12.5. The van der Waals surface area contributed by atoms with E-state index in [1.165, 1.54) is 11.3 Å². The van der Waals surface area contributed by atoms with Gasteiger partial charge in [0, 0.05) is 17.0 Å². The van der Waals surface area contributed by atoms with Gasteiger partial charge in [-0.25, -0.2) is 0 Å². The maximum Gasteiger partial charge on any atom is 0.269 e. The van der Waals surface area contributed by atoms with Crippen LogP contribution in [0.1, 0.15) is 24.7 Å². The fourth-order valence-electron chi connectivity index (χ4n) is 1.52. The minimum atomic E-state index is -0.751. The Balaban J connectivity index is 1.96. The van der Waals surface area contributed by atoms with E-state index in [4.69, 9.17) is 15.1 Å². The zero-order chi connectivity index (χ0) is 15.2. The molecule has 7 nitrogen and oxygen atoms in total. The van der Waals surface area contributed by atoms with Crippen molar-refractivity contribution >= 4 is 28.9 Å². The van der Waals surface area contributed by atoms with Crippen LogP contribution in [-0.4, -0.2) is 23.0 Å². The van der Waals surface area contributed by atoms with E-state index in [2.05, 4.69) is 15.6 Å². The lowest BCUT2D eigenvalue weighted by Crippen LogP contribution is -2.29. The molecule has 0 aromatic carbocycles. The van der Waals surface area contributed by atoms with Gasteiger partial charge in [0.05, 0.1) is 0 Å². The zero-order valence-electron chi connectivity index (χ0n) is 11.7. The molecule has 2 rings (SSSR count). The second-order valence-corrected chi connectivity index (χ2v) is 5.08. The van der Waals surface area contributed by atoms with Crippen LogP contribution in [0.3, 0.4) is 0 Å². The number of aryl methyl sites for hydroxylation is 1. The summed E-state index contributed by atoms with van der Waals surface area (Å²) in [6.07, 6.45) is -0.303. The molecular formula is C13H16N4O3S. The Morgan fingerprint density at radius 2 is 2.48 bits per heavy atom. The molecule has 2 heterocycles. The van der Waals surface area contributed by atoms with Gasteiger partial charge in [-0.1, -0.05) is 17.2 Å². The third-order valence-electron chi connectivity index (χ3n) is 2.64. The van der Waals surface area contributed by atoms with Gasteiger partial charge in [0.2, 0.25) is 6.10 Å². The Labute approximate surface area is 125 Å². The van der Waals surface area contributed by atoms with Crippen molar-refractivity contribution in [3.8, 4) is 0 Å². The Kier molecular flexibility index (Phi) is 4.94. The van der Waals surface area contributed by atoms with Crippen molar-refractivity contribution in [1.82, 2.24) is 5.16 Å². The van der Waals surface area contributed by atoms with E-state index >= 15 is 0 Å². The molecule has 1 atom stereocenters. The second kappa shape index (κ2) is 6.89. The third kappa shape index (κ3) is 4.06. The predicted octanol–water partition coefficient (Wildman–Crippen LogP) is 2.10. The topological polar surface area (TPSA) is 103 Å². The van der Waals surface area contributed by atoms with Crippen LogP contribution in [0.4, 0.5) is 5.82 Å². The summed E-state index contributed by atoms with van der Waals surface area (Å²) in [6, 6.07) is 3.44. The van der Waals surface area contributed by atoms with Crippen LogP contribution in [0.15, 0.2) is 32.6 Å². The number of rotatable bonds is 6. The SMILES string of the molecule is CCC(O/N=C(\N)c1ccsc1)C(=O)Nc1cc(C)on1. The summed E-state index contributed by atoms with van der Waals surface area (Å²) < 4.78 is 4.87. The molecule has 0 aliphatic heterocycles. The molecule has 8 heteroatoms. The second-order valence-electron chi connectivity index (χ2n) is 4.30. The van der Waals surface area contributed by atoms with Gasteiger partial charge in [0.15, 0.2) is 11.7 Å². The normalized spacial score (nSPS) is 13.0. The van der Waals surface area contributed by atoms with Gasteiger partial charge in [-0.2, -0.15) is 11.3 Å². The Morgan fingerprint density at radius 3 is 3.05 bits per heavy atom. The minimum absolute atomic E-state index is 0.236. The average Bonchev–Trinajstić information content (AvgIpc) is 3.11. The number of amidine groups is 1. The van der Waals surface area contributed by atoms with Gasteiger partial charge >= 0.3 is 0 Å². The van der Waals surface area contributed by atoms with Crippen molar-refractivity contribution in [2.75, 3.05) is 5.32 Å². The van der Waals surface area contributed by atoms with Crippen molar-refractivity contribution in [2.45, 2.75) is 26.4 Å². The summed E-state index contributed by atoms with van der Waals surface area (Å²) in [5.41, 5.74) is 6.54. The predicted molar refractivity (Wildman–Crippen MR) is 80.1 cm³/mol. The van der Waals surface area contributed by atoms with Gasteiger partial charge in [-0.15, -0.1) is 0 Å². The summed E-state index contributed by atoms with van der Waals surface area (Å²) in [5.74, 6) is 0.834. The number of oxime groups is 1. The summed E-state index contributed by atoms with van der Waals surface area (Å²) in [7, 11) is 0. The number of thiophene rings is 1. The van der Waals surface area contributed by atoms with Crippen molar-refractivity contribution in [3.63, 3.8) is 0 Å². The monoisotopic (exact) mass is 308 g/mol. The molecule has 0 aliphatic rings. The molecule has 0 radical (unpaired) electrons. The van der Waals surface area contributed by atoms with E-state index in [0.29, 0.717) is 18.0 Å². The van der Waals surface area contributed by atoms with Gasteiger partial charge in [-0.05, 0) is 24.8 Å². The van der Waals surface area contributed by atoms with Gasteiger partial charge in [-0.3, -0.25) is 4.79 Å². The maximum atomic E-state index is 12.0. The highest BCUT2D eigenvalue weighted by Gasteiger charge is 2.19. The molecular weight excluding hydrogens is 292 g/mol. The molecule has 2 aromatic rings. The summed E-state index contributed by atoms with van der Waals surface area (Å²) in [6.45, 7) is 3.55. The highest BCUT2D eigenvalue weighted by molar-refractivity contribution is 7.08. The number of nitrogens with two attached hydrogens (primary N) is 1. The lowest BCUT2D eigenvalue weighted by atomic mass is 10.2. The van der Waals surface area contributed by atoms with Crippen LogP contribution < -0.4 is 11.1 Å². The van der Waals surface area contributed by atoms with Crippen LogP contribution in [0.2, 0.25) is 0 Å². The number of nitrogens with zero attached hydrogens (tertiary/aromatic N) is 2. The molecule has 1 unspecified atom stereocenters. The van der Waals surface area contributed by atoms with E-state index in [-0.39, 0.29) is 11.7 Å². The number of nitrogens with one attached hydrogen (secondary N) is 1. The quantitative estimate of drug-likeness (QED) is 0.483. The molecule has 0 bridgehead atoms. The number of hydrogen-bond donors (Lipinski definition) is 2. The molecule has 0 saturated heterocycles. The first-order chi connectivity index (χ1) is 10.1. The van der Waals surface area contributed by atoms with E-state index < -0.39 is 6.10 Å². The molecule has 3 N–H and O–H groups in total. The summed E-state index contributed by atoms with van der Waals surface area (Å²) >= 11 is 1.50. The van der Waals surface area contributed by atoms with Crippen molar-refractivity contribution < 1.29 is 14.2 Å². The lowest BCUT2D eigenvalue weighted by Gasteiger charge is -2.12. The number of carbonyl (C=O) groups is 1. The Hall–Kier alpha value is -2.35. The molecule has 21 heavy (non-hydrogen) atoms. The molecule has 0 aliphatic carbocycles. The van der Waals surface area contributed by atoms with E-state index in [9.17, 15) is 4.79 Å². The first-order valence-electron chi connectivity index (χ1n) is 6.36. The average molecular weight is 308 g/mol. The van der Waals surface area contributed by atoms with E-state index in [1.807, 2.05) is 23.8 Å². The van der Waals surface area contributed by atoms with Crippen LogP contribution in [-0.2, 0) is 9.63 Å². The number of anilines is 1. The molecule has 112 valence electrons. The minimum Gasteiger partial charge on any atom is -0.381 e. The highest BCUT2D eigenvalue weighted by Crippen LogP contribution is 2.10. The van der Waals surface area contributed by atoms with Crippen LogP contribution in [0.25, 0.3) is 0 Å². The number of carbonyl (C=O) groups excluding carboxylic acids is 1. The molecule has 2 aromatic heterocycles. The summed E-state index contributed by atoms with van der Waals surface area (Å²) in [5, 5.41) is 13.8. The van der Waals surface area contributed by atoms with Crippen molar-refractivity contribution in [1.29, 1.82) is 0 Å². The van der Waals surface area contributed by atoms with Crippen molar-refractivity contribution in [2.24, 2.45) is 10.9 Å². The fourth-order valence-corrected chi connectivity index (χ4v) is 2.17. The summed E-state index contributed by atoms with van der Waals surface area (Å²) in [4.78, 5) is 17.2. The third-order valence-corrected chi connectivity index (χ3v) is 3.32. The largest absolute Gasteiger partial charge is 0.381 e. The van der Waals surface area contributed by atoms with Gasteiger partial charge in [0.25, 0.3) is 5.91 Å². The first kappa shape index (κ1) is 15.0. The Bertz CT molecular complexity index is 621. The van der Waals surface area contributed by atoms with Crippen LogP contribution in [0.5, 0.6) is 0 Å². The number of aromatic nitrogens is 1.